The van der Waals surface area contributed by atoms with Crippen molar-refractivity contribution in [2.24, 2.45) is 0 Å². The van der Waals surface area contributed by atoms with E-state index in [0.29, 0.717) is 5.11 Å². The predicted octanol–water partition coefficient (Wildman–Crippen LogP) is 3.86. The van der Waals surface area contributed by atoms with Gasteiger partial charge in [-0.1, -0.05) is 48.0 Å². The van der Waals surface area contributed by atoms with Gasteiger partial charge < -0.3 is 4.90 Å². The summed E-state index contributed by atoms with van der Waals surface area (Å²) in [6.45, 7) is 2.87. The molecular weight excluding hydrogens is 316 g/mol. The molecule has 3 rings (SSSR count). The molecule has 1 N–H and O–H groups in total. The molecule has 0 bridgehead atoms. The Morgan fingerprint density at radius 2 is 1.92 bits per heavy atom. The van der Waals surface area contributed by atoms with Gasteiger partial charge in [0.05, 0.1) is 0 Å². The van der Waals surface area contributed by atoms with Crippen LogP contribution < -0.4 is 10.2 Å². The second-order valence-corrected chi connectivity index (χ2v) is 6.31. The average molecular weight is 336 g/mol. The molecule has 1 aliphatic rings. The van der Waals surface area contributed by atoms with E-state index in [9.17, 15) is 4.79 Å². The van der Waals surface area contributed by atoms with Gasteiger partial charge in [0.1, 0.15) is 0 Å². The number of carbonyl (C=O) groups is 1. The number of hydrogen-bond acceptors (Lipinski definition) is 2. The van der Waals surface area contributed by atoms with Crippen molar-refractivity contribution in [3.05, 3.63) is 71.3 Å². The van der Waals surface area contributed by atoms with Crippen molar-refractivity contribution in [1.82, 2.24) is 5.32 Å². The van der Waals surface area contributed by atoms with E-state index in [1.165, 1.54) is 17.2 Å². The van der Waals surface area contributed by atoms with Crippen molar-refractivity contribution in [2.75, 3.05) is 11.4 Å². The van der Waals surface area contributed by atoms with Gasteiger partial charge in [0.25, 0.3) is 0 Å². The number of nitrogens with one attached hydrogen (secondary N) is 1. The van der Waals surface area contributed by atoms with E-state index in [1.807, 2.05) is 48.2 Å². The van der Waals surface area contributed by atoms with Gasteiger partial charge >= 0.3 is 0 Å². The van der Waals surface area contributed by atoms with Gasteiger partial charge in [0.15, 0.2) is 5.11 Å². The molecule has 2 aromatic rings. The molecule has 0 aliphatic carbocycles. The molecule has 1 aliphatic heterocycles. The Morgan fingerprint density at radius 1 is 1.17 bits per heavy atom. The van der Waals surface area contributed by atoms with Crippen LogP contribution in [0.5, 0.6) is 0 Å². The molecule has 1 heterocycles. The zero-order valence-electron chi connectivity index (χ0n) is 13.7. The van der Waals surface area contributed by atoms with Gasteiger partial charge in [0, 0.05) is 18.3 Å². The molecule has 0 saturated carbocycles. The number of amides is 1. The third-order valence-corrected chi connectivity index (χ3v) is 4.41. The van der Waals surface area contributed by atoms with Crippen LogP contribution in [-0.4, -0.2) is 17.6 Å². The Hall–Kier alpha value is -2.46. The van der Waals surface area contributed by atoms with Gasteiger partial charge in [-0.15, -0.1) is 0 Å². The number of anilines is 1. The molecule has 122 valence electrons. The number of rotatable bonds is 2. The lowest BCUT2D eigenvalue weighted by Gasteiger charge is -2.31. The fourth-order valence-corrected chi connectivity index (χ4v) is 3.10. The summed E-state index contributed by atoms with van der Waals surface area (Å²) in [7, 11) is 0. The standard InChI is InChI=1S/C20H20N2OS/c1-15-8-10-16(11-9-15)12-13-19(23)21-20(24)22-14-4-6-17-5-2-3-7-18(17)22/h2-3,5,7-13H,4,6,14H2,1H3,(H,21,23,24). The van der Waals surface area contributed by atoms with Crippen molar-refractivity contribution < 1.29 is 4.79 Å². The minimum Gasteiger partial charge on any atom is -0.318 e. The Labute approximate surface area is 148 Å². The summed E-state index contributed by atoms with van der Waals surface area (Å²) < 4.78 is 0. The molecule has 0 spiro atoms. The normalized spacial score (nSPS) is 13.6. The minimum atomic E-state index is -0.205. The van der Waals surface area contributed by atoms with Gasteiger partial charge in [-0.3, -0.25) is 10.1 Å². The zero-order valence-corrected chi connectivity index (χ0v) is 14.5. The molecular formula is C20H20N2OS. The maximum absolute atomic E-state index is 12.1. The quantitative estimate of drug-likeness (QED) is 0.667. The molecule has 1 amide bonds. The van der Waals surface area contributed by atoms with Crippen LogP contribution in [0.15, 0.2) is 54.6 Å². The SMILES string of the molecule is Cc1ccc(C=CC(=O)NC(=S)N2CCCc3ccccc32)cc1. The highest BCUT2D eigenvalue weighted by Gasteiger charge is 2.20. The van der Waals surface area contributed by atoms with Gasteiger partial charge in [-0.2, -0.15) is 0 Å². The fourth-order valence-electron chi connectivity index (χ4n) is 2.81. The average Bonchev–Trinajstić information content (AvgIpc) is 2.60. The first-order valence-corrected chi connectivity index (χ1v) is 8.49. The van der Waals surface area contributed by atoms with Crippen LogP contribution in [0.3, 0.4) is 0 Å². The molecule has 0 aromatic heterocycles. The van der Waals surface area contributed by atoms with E-state index < -0.39 is 0 Å². The molecule has 4 heteroatoms. The lowest BCUT2D eigenvalue weighted by molar-refractivity contribution is -0.115. The molecule has 0 radical (unpaired) electrons. The largest absolute Gasteiger partial charge is 0.318 e. The van der Waals surface area contributed by atoms with Gasteiger partial charge in [-0.05, 0) is 55.3 Å². The first-order chi connectivity index (χ1) is 11.6. The number of aryl methyl sites for hydroxylation is 2. The number of thiocarbonyl (C=S) groups is 1. The van der Waals surface area contributed by atoms with E-state index in [4.69, 9.17) is 12.2 Å². The second kappa shape index (κ2) is 7.41. The van der Waals surface area contributed by atoms with Gasteiger partial charge in [-0.25, -0.2) is 0 Å². The number of hydrogen-bond donors (Lipinski definition) is 1. The predicted molar refractivity (Wildman–Crippen MR) is 103 cm³/mol. The van der Waals surface area contributed by atoms with Crippen LogP contribution in [0.1, 0.15) is 23.1 Å². The highest BCUT2D eigenvalue weighted by atomic mass is 32.1. The highest BCUT2D eigenvalue weighted by Crippen LogP contribution is 2.26. The van der Waals surface area contributed by atoms with E-state index in [-0.39, 0.29) is 5.91 Å². The number of para-hydroxylation sites is 1. The summed E-state index contributed by atoms with van der Waals surface area (Å²) in [6.07, 6.45) is 5.40. The second-order valence-electron chi connectivity index (χ2n) is 5.92. The summed E-state index contributed by atoms with van der Waals surface area (Å²) in [4.78, 5) is 14.1. The molecule has 0 saturated heterocycles. The van der Waals surface area contributed by atoms with Crippen LogP contribution in [-0.2, 0) is 11.2 Å². The molecule has 0 atom stereocenters. The first-order valence-electron chi connectivity index (χ1n) is 8.08. The summed E-state index contributed by atoms with van der Waals surface area (Å²) >= 11 is 5.43. The lowest BCUT2D eigenvalue weighted by atomic mass is 10.0. The van der Waals surface area contributed by atoms with Crippen LogP contribution in [0.4, 0.5) is 5.69 Å². The van der Waals surface area contributed by atoms with E-state index in [2.05, 4.69) is 17.4 Å². The molecule has 0 fully saturated rings. The monoisotopic (exact) mass is 336 g/mol. The van der Waals surface area contributed by atoms with Crippen LogP contribution >= 0.6 is 12.2 Å². The maximum Gasteiger partial charge on any atom is 0.250 e. The van der Waals surface area contributed by atoms with Crippen molar-refractivity contribution in [3.8, 4) is 0 Å². The fraction of sp³-hybridized carbons (Fsp3) is 0.200. The number of benzene rings is 2. The molecule has 3 nitrogen and oxygen atoms in total. The highest BCUT2D eigenvalue weighted by molar-refractivity contribution is 7.80. The van der Waals surface area contributed by atoms with Crippen molar-refractivity contribution in [1.29, 1.82) is 0 Å². The Bertz CT molecular complexity index is 780. The lowest BCUT2D eigenvalue weighted by Crippen LogP contribution is -2.44. The Morgan fingerprint density at radius 3 is 2.71 bits per heavy atom. The maximum atomic E-state index is 12.1. The third-order valence-electron chi connectivity index (χ3n) is 4.09. The minimum absolute atomic E-state index is 0.205. The summed E-state index contributed by atoms with van der Waals surface area (Å²) in [5, 5.41) is 3.26. The van der Waals surface area contributed by atoms with E-state index >= 15 is 0 Å². The van der Waals surface area contributed by atoms with Crippen molar-refractivity contribution >= 4 is 35.0 Å². The first kappa shape index (κ1) is 16.4. The number of fused-ring (bicyclic) bond motifs is 1. The number of carbonyl (C=O) groups excluding carboxylic acids is 1. The summed E-state index contributed by atoms with van der Waals surface area (Å²) in [6, 6.07) is 16.2. The van der Waals surface area contributed by atoms with Crippen molar-refractivity contribution in [3.63, 3.8) is 0 Å². The Kier molecular flexibility index (Phi) is 5.06. The molecule has 2 aromatic carbocycles. The van der Waals surface area contributed by atoms with Gasteiger partial charge in [0.2, 0.25) is 5.91 Å². The van der Waals surface area contributed by atoms with E-state index in [1.54, 1.807) is 6.08 Å². The summed E-state index contributed by atoms with van der Waals surface area (Å²) in [5.41, 5.74) is 4.55. The van der Waals surface area contributed by atoms with E-state index in [0.717, 1.165) is 30.6 Å². The smallest absolute Gasteiger partial charge is 0.250 e. The Balaban J connectivity index is 1.65. The third kappa shape index (κ3) is 3.89. The topological polar surface area (TPSA) is 32.3 Å². The van der Waals surface area contributed by atoms with Crippen molar-refractivity contribution in [2.45, 2.75) is 19.8 Å². The molecule has 0 unspecified atom stereocenters. The van der Waals surface area contributed by atoms with Crippen LogP contribution in [0.2, 0.25) is 0 Å². The zero-order chi connectivity index (χ0) is 16.9. The van der Waals surface area contributed by atoms with Crippen LogP contribution in [0.25, 0.3) is 6.08 Å². The molecule has 24 heavy (non-hydrogen) atoms. The summed E-state index contributed by atoms with van der Waals surface area (Å²) in [5.74, 6) is -0.205. The van der Waals surface area contributed by atoms with Crippen LogP contribution in [0, 0.1) is 6.92 Å². The number of nitrogens with zero attached hydrogens (tertiary/aromatic N) is 1.